The molecule has 0 fully saturated rings. The van der Waals surface area contributed by atoms with Gasteiger partial charge < -0.3 is 15.8 Å². The molecule has 1 rings (SSSR count). The average Bonchev–Trinajstić information content (AvgIpc) is 2.20. The molecule has 0 unspecified atom stereocenters. The third-order valence-electron chi connectivity index (χ3n) is 2.23. The fraction of sp³-hybridized carbons (Fsp3) is 0.417. The van der Waals surface area contributed by atoms with E-state index in [4.69, 9.17) is 22.7 Å². The molecule has 0 spiro atoms. The topological polar surface area (TPSA) is 47.3 Å². The number of benzene rings is 1. The number of nitrogens with one attached hydrogen (secondary N) is 1. The van der Waals surface area contributed by atoms with E-state index in [1.54, 1.807) is 7.11 Å². The monoisotopic (exact) mass is 316 g/mol. The summed E-state index contributed by atoms with van der Waals surface area (Å²) in [7, 11) is 1.69. The van der Waals surface area contributed by atoms with Gasteiger partial charge in [-0.25, -0.2) is 0 Å². The first kappa shape index (κ1) is 14.4. The van der Waals surface area contributed by atoms with Crippen LogP contribution in [0, 0.1) is 0 Å². The van der Waals surface area contributed by atoms with Crippen LogP contribution in [0.3, 0.4) is 0 Å². The van der Waals surface area contributed by atoms with Crippen LogP contribution in [0.25, 0.3) is 0 Å². The first-order valence-electron chi connectivity index (χ1n) is 5.22. The Kier molecular flexibility index (Phi) is 4.91. The largest absolute Gasteiger partial charge is 0.389 e. The molecule has 94 valence electrons. The number of rotatable bonds is 5. The first-order valence-corrected chi connectivity index (χ1v) is 6.42. The summed E-state index contributed by atoms with van der Waals surface area (Å²) in [4.78, 5) is 0.397. The van der Waals surface area contributed by atoms with Gasteiger partial charge in [-0.15, -0.1) is 0 Å². The number of halogens is 1. The second kappa shape index (κ2) is 5.80. The fourth-order valence-electron chi connectivity index (χ4n) is 1.53. The number of thiocarbonyl (C=S) groups is 1. The number of anilines is 1. The van der Waals surface area contributed by atoms with Crippen molar-refractivity contribution < 1.29 is 4.74 Å². The van der Waals surface area contributed by atoms with Crippen LogP contribution in [-0.2, 0) is 4.74 Å². The van der Waals surface area contributed by atoms with Crippen molar-refractivity contribution in [1.82, 2.24) is 0 Å². The molecule has 3 N–H and O–H groups in total. The Bertz CT molecular complexity index is 421. The number of nitrogens with two attached hydrogens (primary N) is 1. The maximum absolute atomic E-state index is 5.58. The molecule has 0 aliphatic carbocycles. The molecule has 0 amide bonds. The molecular weight excluding hydrogens is 300 g/mol. The summed E-state index contributed by atoms with van der Waals surface area (Å²) in [6, 6.07) is 5.77. The molecule has 1 aromatic rings. The Balaban J connectivity index is 2.90. The Morgan fingerprint density at radius 1 is 1.53 bits per heavy atom. The van der Waals surface area contributed by atoms with Crippen molar-refractivity contribution in [2.75, 3.05) is 19.0 Å². The number of hydrogen-bond donors (Lipinski definition) is 2. The minimum Gasteiger partial charge on any atom is -0.389 e. The summed E-state index contributed by atoms with van der Waals surface area (Å²) < 4.78 is 6.10. The van der Waals surface area contributed by atoms with Crippen molar-refractivity contribution in [3.8, 4) is 0 Å². The van der Waals surface area contributed by atoms with Gasteiger partial charge in [0, 0.05) is 22.8 Å². The van der Waals surface area contributed by atoms with Crippen molar-refractivity contribution in [1.29, 1.82) is 0 Å². The lowest BCUT2D eigenvalue weighted by Gasteiger charge is -2.27. The van der Waals surface area contributed by atoms with Crippen molar-refractivity contribution in [2.24, 2.45) is 5.73 Å². The van der Waals surface area contributed by atoms with E-state index in [2.05, 4.69) is 35.1 Å². The summed E-state index contributed by atoms with van der Waals surface area (Å²) in [6.45, 7) is 4.77. The second-order valence-electron chi connectivity index (χ2n) is 4.50. The third-order valence-corrected chi connectivity index (χ3v) is 3.12. The summed E-state index contributed by atoms with van der Waals surface area (Å²) in [5, 5.41) is 3.40. The van der Waals surface area contributed by atoms with Gasteiger partial charge in [0.15, 0.2) is 0 Å². The zero-order valence-corrected chi connectivity index (χ0v) is 12.6. The normalized spacial score (nSPS) is 11.3. The minimum absolute atomic E-state index is 0.137. The van der Waals surface area contributed by atoms with E-state index in [0.717, 1.165) is 15.7 Å². The highest BCUT2D eigenvalue weighted by atomic mass is 79.9. The van der Waals surface area contributed by atoms with Gasteiger partial charge in [-0.3, -0.25) is 0 Å². The van der Waals surface area contributed by atoms with Gasteiger partial charge in [0.1, 0.15) is 4.99 Å². The Hall–Kier alpha value is -0.650. The predicted octanol–water partition coefficient (Wildman–Crippen LogP) is 2.92. The highest BCUT2D eigenvalue weighted by molar-refractivity contribution is 9.10. The van der Waals surface area contributed by atoms with Crippen LogP contribution < -0.4 is 11.1 Å². The summed E-state index contributed by atoms with van der Waals surface area (Å²) >= 11 is 8.43. The van der Waals surface area contributed by atoms with Crippen molar-refractivity contribution in [3.63, 3.8) is 0 Å². The van der Waals surface area contributed by atoms with Gasteiger partial charge in [0.05, 0.1) is 12.1 Å². The lowest BCUT2D eigenvalue weighted by Crippen LogP contribution is -2.36. The van der Waals surface area contributed by atoms with E-state index in [0.29, 0.717) is 11.6 Å². The molecule has 17 heavy (non-hydrogen) atoms. The molecule has 0 aliphatic heterocycles. The Morgan fingerprint density at radius 3 is 2.65 bits per heavy atom. The van der Waals surface area contributed by atoms with Crippen LogP contribution in [0.15, 0.2) is 22.7 Å². The molecule has 0 bridgehead atoms. The highest BCUT2D eigenvalue weighted by Gasteiger charge is 2.18. The molecule has 1 aromatic carbocycles. The van der Waals surface area contributed by atoms with Crippen LogP contribution in [0.2, 0.25) is 0 Å². The van der Waals surface area contributed by atoms with Gasteiger partial charge in [-0.05, 0) is 48.0 Å². The Labute approximate surface area is 116 Å². The molecule has 0 aromatic heterocycles. The van der Waals surface area contributed by atoms with Crippen molar-refractivity contribution in [3.05, 3.63) is 28.2 Å². The van der Waals surface area contributed by atoms with Crippen molar-refractivity contribution in [2.45, 2.75) is 19.4 Å². The molecule has 0 saturated heterocycles. The summed E-state index contributed by atoms with van der Waals surface area (Å²) in [5.74, 6) is 0. The van der Waals surface area contributed by atoms with E-state index in [9.17, 15) is 0 Å². The van der Waals surface area contributed by atoms with E-state index in [1.807, 2.05) is 18.2 Å². The molecular formula is C12H17BrN2OS. The molecule has 0 radical (unpaired) electrons. The fourth-order valence-corrected chi connectivity index (χ4v) is 2.14. The van der Waals surface area contributed by atoms with Gasteiger partial charge in [-0.1, -0.05) is 12.2 Å². The van der Waals surface area contributed by atoms with Crippen LogP contribution in [0.5, 0.6) is 0 Å². The zero-order chi connectivity index (χ0) is 13.1. The molecule has 0 atom stereocenters. The molecule has 5 heteroatoms. The van der Waals surface area contributed by atoms with Crippen LogP contribution >= 0.6 is 28.1 Å². The standard InChI is InChI=1S/C12H17BrN2OS/c1-12(2,7-16-3)15-10-5-4-8(11(14)17)6-9(10)13/h4-6,15H,7H2,1-3H3,(H2,14,17). The Morgan fingerprint density at radius 2 is 2.18 bits per heavy atom. The molecule has 0 saturated carbocycles. The smallest absolute Gasteiger partial charge is 0.104 e. The summed E-state index contributed by atoms with van der Waals surface area (Å²) in [5.41, 5.74) is 7.28. The SMILES string of the molecule is COCC(C)(C)Nc1ccc(C(N)=S)cc1Br. The maximum Gasteiger partial charge on any atom is 0.104 e. The van der Waals surface area contributed by atoms with Gasteiger partial charge >= 0.3 is 0 Å². The van der Waals surface area contributed by atoms with Crippen LogP contribution in [0.4, 0.5) is 5.69 Å². The molecule has 0 heterocycles. The molecule has 0 aliphatic rings. The van der Waals surface area contributed by atoms with Crippen LogP contribution in [-0.4, -0.2) is 24.2 Å². The van der Waals surface area contributed by atoms with Crippen molar-refractivity contribution >= 4 is 38.8 Å². The second-order valence-corrected chi connectivity index (χ2v) is 5.79. The maximum atomic E-state index is 5.58. The van der Waals surface area contributed by atoms with Gasteiger partial charge in [-0.2, -0.15) is 0 Å². The molecule has 3 nitrogen and oxygen atoms in total. The predicted molar refractivity (Wildman–Crippen MR) is 79.6 cm³/mol. The highest BCUT2D eigenvalue weighted by Crippen LogP contribution is 2.26. The van der Waals surface area contributed by atoms with Crippen LogP contribution in [0.1, 0.15) is 19.4 Å². The zero-order valence-electron chi connectivity index (χ0n) is 10.2. The van der Waals surface area contributed by atoms with E-state index < -0.39 is 0 Å². The van der Waals surface area contributed by atoms with E-state index in [1.165, 1.54) is 0 Å². The van der Waals surface area contributed by atoms with Gasteiger partial charge in [0.25, 0.3) is 0 Å². The average molecular weight is 317 g/mol. The van der Waals surface area contributed by atoms with E-state index in [-0.39, 0.29) is 5.54 Å². The number of ether oxygens (including phenoxy) is 1. The van der Waals surface area contributed by atoms with E-state index >= 15 is 0 Å². The summed E-state index contributed by atoms with van der Waals surface area (Å²) in [6.07, 6.45) is 0. The first-order chi connectivity index (χ1) is 7.85. The lowest BCUT2D eigenvalue weighted by atomic mass is 10.1. The quantitative estimate of drug-likeness (QED) is 0.820. The third kappa shape index (κ3) is 4.26. The van der Waals surface area contributed by atoms with Gasteiger partial charge in [0.2, 0.25) is 0 Å². The number of methoxy groups -OCH3 is 1. The minimum atomic E-state index is -0.137. The lowest BCUT2D eigenvalue weighted by molar-refractivity contribution is 0.158. The number of hydrogen-bond acceptors (Lipinski definition) is 3.